The van der Waals surface area contributed by atoms with E-state index in [0.717, 1.165) is 48.8 Å². The molecule has 0 radical (unpaired) electrons. The molecule has 0 bridgehead atoms. The minimum atomic E-state index is 0.0525. The molecule has 0 aromatic heterocycles. The molecule has 0 saturated heterocycles. The molecule has 5 heteroatoms. The van der Waals surface area contributed by atoms with Crippen LogP contribution in [0.25, 0.3) is 0 Å². The predicted octanol–water partition coefficient (Wildman–Crippen LogP) is 3.98. The molecule has 1 aliphatic rings. The number of methoxy groups -OCH3 is 2. The lowest BCUT2D eigenvalue weighted by Crippen LogP contribution is -2.37. The Bertz CT molecular complexity index is 767. The average molecular weight is 352 g/mol. The predicted molar refractivity (Wildman–Crippen MR) is 104 cm³/mol. The number of ketones is 1. The lowest BCUT2D eigenvalue weighted by atomic mass is 10.1. The molecule has 0 saturated carbocycles. The van der Waals surface area contributed by atoms with Crippen LogP contribution in [0.2, 0.25) is 0 Å². The van der Waals surface area contributed by atoms with Crippen molar-refractivity contribution in [1.29, 1.82) is 0 Å². The van der Waals surface area contributed by atoms with E-state index < -0.39 is 0 Å². The summed E-state index contributed by atoms with van der Waals surface area (Å²) in [6.45, 7) is 1.08. The van der Waals surface area contributed by atoms with Crippen molar-refractivity contribution in [3.05, 3.63) is 54.1 Å². The summed E-state index contributed by atoms with van der Waals surface area (Å²) in [6, 6.07) is 15.0. The van der Waals surface area contributed by atoms with Gasteiger partial charge in [0.05, 0.1) is 20.8 Å². The van der Waals surface area contributed by atoms with E-state index in [-0.39, 0.29) is 12.3 Å². The van der Waals surface area contributed by atoms with Crippen LogP contribution in [-0.4, -0.2) is 38.9 Å². The third-order valence-corrected chi connectivity index (χ3v) is 4.51. The van der Waals surface area contributed by atoms with Crippen LogP contribution in [-0.2, 0) is 0 Å². The topological polar surface area (TPSA) is 51.1 Å². The first-order valence-corrected chi connectivity index (χ1v) is 8.83. The summed E-state index contributed by atoms with van der Waals surface area (Å²) >= 11 is 0. The summed E-state index contributed by atoms with van der Waals surface area (Å²) in [4.78, 5) is 19.5. The molecule has 1 aliphatic heterocycles. The number of nitrogens with zero attached hydrogens (tertiary/aromatic N) is 2. The van der Waals surface area contributed by atoms with Gasteiger partial charge in [-0.2, -0.15) is 0 Å². The van der Waals surface area contributed by atoms with Gasteiger partial charge >= 0.3 is 0 Å². The molecule has 2 aromatic rings. The fourth-order valence-electron chi connectivity index (χ4n) is 3.01. The van der Waals surface area contributed by atoms with Crippen LogP contribution >= 0.6 is 0 Å². The minimum Gasteiger partial charge on any atom is -0.497 e. The number of benzene rings is 2. The average Bonchev–Trinajstić information content (AvgIpc) is 2.72. The number of ether oxygens (including phenoxy) is 2. The summed E-state index contributed by atoms with van der Waals surface area (Å²) in [5.74, 6) is 2.56. The van der Waals surface area contributed by atoms with E-state index in [2.05, 4.69) is 4.99 Å². The van der Waals surface area contributed by atoms with Gasteiger partial charge in [0.25, 0.3) is 0 Å². The normalized spacial score (nSPS) is 13.7. The fraction of sp³-hybridized carbons (Fsp3) is 0.333. The van der Waals surface area contributed by atoms with E-state index in [1.165, 1.54) is 0 Å². The second-order valence-electron chi connectivity index (χ2n) is 6.19. The summed E-state index contributed by atoms with van der Waals surface area (Å²) in [5, 5.41) is 0. The zero-order valence-corrected chi connectivity index (χ0v) is 15.3. The molecule has 2 aromatic carbocycles. The molecule has 5 nitrogen and oxygen atoms in total. The third-order valence-electron chi connectivity index (χ3n) is 4.51. The van der Waals surface area contributed by atoms with E-state index in [1.54, 1.807) is 26.4 Å². The number of carbonyl (C=O) groups excluding carboxylic acids is 1. The fourth-order valence-corrected chi connectivity index (χ4v) is 3.01. The monoisotopic (exact) mass is 352 g/mol. The Balaban J connectivity index is 1.84. The first-order chi connectivity index (χ1) is 12.7. The number of Topliss-reactive ketones (excluding diaryl/α,β-unsaturated/α-hetero) is 1. The van der Waals surface area contributed by atoms with Crippen molar-refractivity contribution in [2.24, 2.45) is 4.99 Å². The van der Waals surface area contributed by atoms with Crippen LogP contribution in [0, 0.1) is 0 Å². The van der Waals surface area contributed by atoms with Crippen LogP contribution in [0.3, 0.4) is 0 Å². The number of anilines is 1. The van der Waals surface area contributed by atoms with Gasteiger partial charge in [-0.25, -0.2) is 0 Å². The zero-order valence-electron chi connectivity index (χ0n) is 15.3. The molecular weight excluding hydrogens is 328 g/mol. The molecule has 0 amide bonds. The summed E-state index contributed by atoms with van der Waals surface area (Å²) in [6.07, 6.45) is 3.09. The number of hydrogen-bond donors (Lipinski definition) is 0. The van der Waals surface area contributed by atoms with Crippen LogP contribution in [0.4, 0.5) is 5.69 Å². The van der Waals surface area contributed by atoms with Gasteiger partial charge in [0, 0.05) is 24.2 Å². The van der Waals surface area contributed by atoms with Gasteiger partial charge in [-0.1, -0.05) is 0 Å². The van der Waals surface area contributed by atoms with Crippen LogP contribution in [0.15, 0.2) is 53.5 Å². The van der Waals surface area contributed by atoms with Crippen LogP contribution < -0.4 is 14.4 Å². The van der Waals surface area contributed by atoms with Crippen LogP contribution in [0.1, 0.15) is 29.6 Å². The number of rotatable bonds is 6. The Morgan fingerprint density at radius 3 is 2.12 bits per heavy atom. The maximum absolute atomic E-state index is 12.8. The second kappa shape index (κ2) is 8.52. The first kappa shape index (κ1) is 18.0. The number of hydrogen-bond acceptors (Lipinski definition) is 5. The van der Waals surface area contributed by atoms with E-state index >= 15 is 0 Å². The molecule has 3 rings (SSSR count). The van der Waals surface area contributed by atoms with E-state index in [9.17, 15) is 4.79 Å². The highest BCUT2D eigenvalue weighted by Crippen LogP contribution is 2.23. The Morgan fingerprint density at radius 1 is 0.962 bits per heavy atom. The molecule has 0 N–H and O–H groups in total. The maximum Gasteiger partial charge on any atom is 0.182 e. The molecule has 0 atom stereocenters. The lowest BCUT2D eigenvalue weighted by Gasteiger charge is -2.28. The van der Waals surface area contributed by atoms with E-state index in [0.29, 0.717) is 5.56 Å². The Morgan fingerprint density at radius 2 is 1.58 bits per heavy atom. The molecule has 0 unspecified atom stereocenters. The van der Waals surface area contributed by atoms with Crippen LogP contribution in [0.5, 0.6) is 11.5 Å². The summed E-state index contributed by atoms with van der Waals surface area (Å²) in [7, 11) is 3.26. The molecule has 0 aliphatic carbocycles. The second-order valence-corrected chi connectivity index (χ2v) is 6.19. The minimum absolute atomic E-state index is 0.0525. The number of carbonyl (C=O) groups is 1. The first-order valence-electron chi connectivity index (χ1n) is 8.83. The van der Waals surface area contributed by atoms with Gasteiger partial charge in [0.15, 0.2) is 5.78 Å². The third kappa shape index (κ3) is 4.23. The Kier molecular flexibility index (Phi) is 5.89. The van der Waals surface area contributed by atoms with Crippen molar-refractivity contribution in [2.75, 3.05) is 32.2 Å². The quantitative estimate of drug-likeness (QED) is 0.738. The molecule has 1 heterocycles. The molecular formula is C21H24N2O3. The van der Waals surface area contributed by atoms with Gasteiger partial charge in [-0.15, -0.1) is 0 Å². The van der Waals surface area contributed by atoms with Crippen molar-refractivity contribution in [3.8, 4) is 11.5 Å². The van der Waals surface area contributed by atoms with Crippen molar-refractivity contribution >= 4 is 17.3 Å². The van der Waals surface area contributed by atoms with Gasteiger partial charge in [-0.3, -0.25) is 9.79 Å². The summed E-state index contributed by atoms with van der Waals surface area (Å²) in [5.41, 5.74) is 1.62. The SMILES string of the molecule is COc1ccc(C(=O)CN(C2=NCCCC2)c2ccc(OC)cc2)cc1. The molecule has 0 fully saturated rings. The Hall–Kier alpha value is -2.82. The molecule has 136 valence electrons. The zero-order chi connectivity index (χ0) is 18.4. The van der Waals surface area contributed by atoms with Crippen molar-refractivity contribution in [1.82, 2.24) is 0 Å². The van der Waals surface area contributed by atoms with Gasteiger partial charge in [-0.05, 0) is 61.4 Å². The lowest BCUT2D eigenvalue weighted by molar-refractivity contribution is 0.100. The van der Waals surface area contributed by atoms with Gasteiger partial charge in [0.2, 0.25) is 0 Å². The highest BCUT2D eigenvalue weighted by atomic mass is 16.5. The maximum atomic E-state index is 12.8. The standard InChI is InChI=1S/C21H24N2O3/c1-25-18-10-6-16(7-11-18)20(24)15-23(21-5-3-4-14-22-21)17-8-12-19(26-2)13-9-17/h6-13H,3-5,14-15H2,1-2H3. The highest BCUT2D eigenvalue weighted by Gasteiger charge is 2.20. The molecule has 0 spiro atoms. The van der Waals surface area contributed by atoms with Gasteiger partial charge in [0.1, 0.15) is 17.3 Å². The highest BCUT2D eigenvalue weighted by molar-refractivity contribution is 6.07. The van der Waals surface area contributed by atoms with E-state index in [1.807, 2.05) is 41.3 Å². The number of amidine groups is 1. The van der Waals surface area contributed by atoms with E-state index in [4.69, 9.17) is 9.47 Å². The number of aliphatic imine (C=N–C) groups is 1. The van der Waals surface area contributed by atoms with Crippen molar-refractivity contribution < 1.29 is 14.3 Å². The summed E-state index contributed by atoms with van der Waals surface area (Å²) < 4.78 is 10.4. The van der Waals surface area contributed by atoms with Crippen molar-refractivity contribution in [2.45, 2.75) is 19.3 Å². The largest absolute Gasteiger partial charge is 0.497 e. The van der Waals surface area contributed by atoms with Crippen molar-refractivity contribution in [3.63, 3.8) is 0 Å². The molecule has 26 heavy (non-hydrogen) atoms. The smallest absolute Gasteiger partial charge is 0.182 e. The van der Waals surface area contributed by atoms with Gasteiger partial charge < -0.3 is 14.4 Å². The Labute approximate surface area is 154 Å².